The number of carbonyl (C=O) groups is 1. The maximum atomic E-state index is 13.4. The first-order chi connectivity index (χ1) is 16.5. The largest absolute Gasteiger partial charge is 0.480 e. The SMILES string of the molecule is CCc1nn2c(nnc3c(=O)n(C(Cc4ccccc4)C(=O)O)cnc32)c1-c1ccc(F)cc1. The fourth-order valence-corrected chi connectivity index (χ4v) is 4.01. The summed E-state index contributed by atoms with van der Waals surface area (Å²) < 4.78 is 15.9. The van der Waals surface area contributed by atoms with Gasteiger partial charge in [-0.3, -0.25) is 9.36 Å². The van der Waals surface area contributed by atoms with Gasteiger partial charge in [-0.05, 0) is 29.7 Å². The predicted octanol–water partition coefficient (Wildman–Crippen LogP) is 3.07. The van der Waals surface area contributed by atoms with E-state index in [-0.39, 0.29) is 23.4 Å². The fraction of sp³-hybridized carbons (Fsp3) is 0.167. The van der Waals surface area contributed by atoms with Crippen molar-refractivity contribution in [1.29, 1.82) is 0 Å². The highest BCUT2D eigenvalue weighted by molar-refractivity contribution is 5.83. The number of hydrogen-bond donors (Lipinski definition) is 1. The van der Waals surface area contributed by atoms with E-state index in [1.807, 2.05) is 13.0 Å². The second kappa shape index (κ2) is 8.47. The highest BCUT2D eigenvalue weighted by atomic mass is 19.1. The Morgan fingerprint density at radius 1 is 1.06 bits per heavy atom. The average molecular weight is 458 g/mol. The van der Waals surface area contributed by atoms with E-state index in [4.69, 9.17) is 0 Å². The van der Waals surface area contributed by atoms with E-state index in [0.29, 0.717) is 28.9 Å². The van der Waals surface area contributed by atoms with Gasteiger partial charge in [0.05, 0.1) is 11.3 Å². The second-order valence-corrected chi connectivity index (χ2v) is 7.79. The number of hydrogen-bond acceptors (Lipinski definition) is 6. The summed E-state index contributed by atoms with van der Waals surface area (Å²) in [5.41, 5.74) is 2.67. The number of fused-ring (bicyclic) bond motifs is 3. The molecule has 0 radical (unpaired) electrons. The average Bonchev–Trinajstić information content (AvgIpc) is 3.23. The van der Waals surface area contributed by atoms with Gasteiger partial charge in [-0.2, -0.15) is 9.61 Å². The normalized spacial score (nSPS) is 12.3. The van der Waals surface area contributed by atoms with Crippen LogP contribution in [0.4, 0.5) is 4.39 Å². The van der Waals surface area contributed by atoms with Gasteiger partial charge in [-0.15, -0.1) is 10.2 Å². The number of benzene rings is 2. The Hall–Kier alpha value is -4.47. The molecule has 1 N–H and O–H groups in total. The molecule has 0 aliphatic carbocycles. The molecule has 0 saturated heterocycles. The Balaban J connectivity index is 1.67. The Kier molecular flexibility index (Phi) is 5.33. The standard InChI is InChI=1S/C24H19FN6O3/c1-2-17-19(15-8-10-16(25)11-9-15)21-28-27-20-22(31(21)29-17)26-13-30(23(20)32)18(24(33)34)12-14-6-4-3-5-7-14/h3-11,13,18H,2,12H2,1H3,(H,33,34). The topological polar surface area (TPSA) is 115 Å². The van der Waals surface area contributed by atoms with Crippen LogP contribution in [0, 0.1) is 5.82 Å². The first-order valence-electron chi connectivity index (χ1n) is 10.7. The van der Waals surface area contributed by atoms with E-state index in [2.05, 4.69) is 20.3 Å². The molecule has 34 heavy (non-hydrogen) atoms. The summed E-state index contributed by atoms with van der Waals surface area (Å²) in [6.07, 6.45) is 1.88. The van der Waals surface area contributed by atoms with E-state index < -0.39 is 17.6 Å². The van der Waals surface area contributed by atoms with E-state index >= 15 is 0 Å². The zero-order valence-corrected chi connectivity index (χ0v) is 18.1. The van der Waals surface area contributed by atoms with Gasteiger partial charge in [0.1, 0.15) is 18.2 Å². The van der Waals surface area contributed by atoms with Gasteiger partial charge in [-0.1, -0.05) is 49.4 Å². The van der Waals surface area contributed by atoms with Crippen molar-refractivity contribution in [2.75, 3.05) is 0 Å². The molecule has 1 unspecified atom stereocenters. The van der Waals surface area contributed by atoms with Crippen molar-refractivity contribution in [2.45, 2.75) is 25.8 Å². The number of aryl methyl sites for hydroxylation is 1. The number of rotatable bonds is 6. The zero-order chi connectivity index (χ0) is 23.8. The number of carboxylic acid groups (broad SMARTS) is 1. The molecule has 0 bridgehead atoms. The second-order valence-electron chi connectivity index (χ2n) is 7.79. The maximum Gasteiger partial charge on any atom is 0.327 e. The summed E-state index contributed by atoms with van der Waals surface area (Å²) in [4.78, 5) is 29.6. The van der Waals surface area contributed by atoms with Crippen molar-refractivity contribution in [3.63, 3.8) is 0 Å². The molecule has 0 spiro atoms. The minimum Gasteiger partial charge on any atom is -0.480 e. The highest BCUT2D eigenvalue weighted by Gasteiger charge is 2.25. The molecule has 3 heterocycles. The molecule has 5 rings (SSSR count). The van der Waals surface area contributed by atoms with Gasteiger partial charge in [0.15, 0.2) is 16.8 Å². The van der Waals surface area contributed by atoms with Crippen molar-refractivity contribution in [3.8, 4) is 11.1 Å². The van der Waals surface area contributed by atoms with E-state index in [1.54, 1.807) is 36.4 Å². The number of aromatic nitrogens is 6. The minimum atomic E-state index is -1.16. The molecule has 1 atom stereocenters. The fourth-order valence-electron chi connectivity index (χ4n) is 4.01. The lowest BCUT2D eigenvalue weighted by Crippen LogP contribution is -2.32. The van der Waals surface area contributed by atoms with Gasteiger partial charge in [0.25, 0.3) is 5.56 Å². The van der Waals surface area contributed by atoms with Crippen molar-refractivity contribution >= 4 is 22.8 Å². The van der Waals surface area contributed by atoms with Gasteiger partial charge in [-0.25, -0.2) is 14.2 Å². The number of carboxylic acids is 1. The van der Waals surface area contributed by atoms with Gasteiger partial charge in [0, 0.05) is 6.42 Å². The predicted molar refractivity (Wildman–Crippen MR) is 122 cm³/mol. The smallest absolute Gasteiger partial charge is 0.327 e. The third kappa shape index (κ3) is 3.58. The van der Waals surface area contributed by atoms with Crippen molar-refractivity contribution in [3.05, 3.63) is 88.4 Å². The highest BCUT2D eigenvalue weighted by Crippen LogP contribution is 2.29. The summed E-state index contributed by atoms with van der Waals surface area (Å²) in [5, 5.41) is 22.7. The van der Waals surface area contributed by atoms with Crippen molar-refractivity contribution in [1.82, 2.24) is 29.4 Å². The van der Waals surface area contributed by atoms with Crippen molar-refractivity contribution in [2.24, 2.45) is 0 Å². The zero-order valence-electron chi connectivity index (χ0n) is 18.1. The van der Waals surface area contributed by atoms with Gasteiger partial charge >= 0.3 is 5.97 Å². The lowest BCUT2D eigenvalue weighted by atomic mass is 10.0. The quantitative estimate of drug-likeness (QED) is 0.416. The summed E-state index contributed by atoms with van der Waals surface area (Å²) in [6.45, 7) is 1.92. The van der Waals surface area contributed by atoms with E-state index in [9.17, 15) is 19.1 Å². The van der Waals surface area contributed by atoms with Crippen LogP contribution in [-0.2, 0) is 17.6 Å². The van der Waals surface area contributed by atoms with Crippen LogP contribution in [-0.4, -0.2) is 40.4 Å². The molecule has 170 valence electrons. The lowest BCUT2D eigenvalue weighted by molar-refractivity contribution is -0.141. The Morgan fingerprint density at radius 3 is 2.47 bits per heavy atom. The third-order valence-corrected chi connectivity index (χ3v) is 5.69. The number of aliphatic carboxylic acids is 1. The minimum absolute atomic E-state index is 0.0925. The summed E-state index contributed by atoms with van der Waals surface area (Å²) in [5.74, 6) is -1.52. The molecule has 5 aromatic rings. The van der Waals surface area contributed by atoms with Gasteiger partial charge < -0.3 is 5.11 Å². The molecule has 0 fully saturated rings. The monoisotopic (exact) mass is 458 g/mol. The Bertz CT molecular complexity index is 1580. The molecule has 0 saturated carbocycles. The first-order valence-corrected chi connectivity index (χ1v) is 10.7. The molecule has 0 aliphatic rings. The summed E-state index contributed by atoms with van der Waals surface area (Å²) in [7, 11) is 0. The Labute approximate surface area is 192 Å². The molecular formula is C24H19FN6O3. The van der Waals surface area contributed by atoms with Crippen LogP contribution >= 0.6 is 0 Å². The maximum absolute atomic E-state index is 13.4. The molecule has 10 heteroatoms. The first kappa shape index (κ1) is 21.4. The lowest BCUT2D eigenvalue weighted by Gasteiger charge is -2.15. The Morgan fingerprint density at radius 2 is 1.79 bits per heavy atom. The summed E-state index contributed by atoms with van der Waals surface area (Å²) in [6, 6.07) is 13.8. The molecule has 2 aromatic carbocycles. The van der Waals surface area contributed by atoms with Crippen LogP contribution in [0.5, 0.6) is 0 Å². The van der Waals surface area contributed by atoms with Crippen LogP contribution in [0.15, 0.2) is 65.7 Å². The summed E-state index contributed by atoms with van der Waals surface area (Å²) >= 11 is 0. The van der Waals surface area contributed by atoms with Crippen LogP contribution in [0.25, 0.3) is 27.9 Å². The third-order valence-electron chi connectivity index (χ3n) is 5.69. The molecular weight excluding hydrogens is 439 g/mol. The van der Waals surface area contributed by atoms with Crippen LogP contribution in [0.1, 0.15) is 24.2 Å². The van der Waals surface area contributed by atoms with Crippen molar-refractivity contribution < 1.29 is 14.3 Å². The van der Waals surface area contributed by atoms with Crippen LogP contribution < -0.4 is 5.56 Å². The molecule has 3 aromatic heterocycles. The van der Waals surface area contributed by atoms with Crippen LogP contribution in [0.3, 0.4) is 0 Å². The molecule has 9 nitrogen and oxygen atoms in total. The molecule has 0 aliphatic heterocycles. The van der Waals surface area contributed by atoms with E-state index in [1.165, 1.54) is 23.0 Å². The number of nitrogens with zero attached hydrogens (tertiary/aromatic N) is 6. The molecule has 0 amide bonds. The number of halogens is 1. The van der Waals surface area contributed by atoms with Gasteiger partial charge in [0.2, 0.25) is 0 Å². The van der Waals surface area contributed by atoms with E-state index in [0.717, 1.165) is 10.1 Å². The van der Waals surface area contributed by atoms with Crippen LogP contribution in [0.2, 0.25) is 0 Å².